The molecule has 18 heteroatoms. The number of oxime groups is 1. The first kappa shape index (κ1) is 26.3. The molecule has 36 heavy (non-hydrogen) atoms. The van der Waals surface area contributed by atoms with Gasteiger partial charge in [-0.25, -0.2) is 18.9 Å². The van der Waals surface area contributed by atoms with Crippen LogP contribution < -0.4 is 15.8 Å². The molecule has 0 saturated carbocycles. The van der Waals surface area contributed by atoms with Crippen molar-refractivity contribution in [2.45, 2.75) is 12.1 Å². The van der Waals surface area contributed by atoms with Gasteiger partial charge in [0.15, 0.2) is 10.8 Å². The zero-order valence-corrected chi connectivity index (χ0v) is 19.5. The molecule has 2 heterocycles. The van der Waals surface area contributed by atoms with Gasteiger partial charge in [0.05, 0.1) is 0 Å². The molecule has 1 aliphatic rings. The number of carboxylic acid groups (broad SMARTS) is 1. The molecule has 2 aromatic rings. The van der Waals surface area contributed by atoms with E-state index in [1.807, 2.05) is 0 Å². The Labute approximate surface area is 206 Å². The molecule has 0 aliphatic carbocycles. The van der Waals surface area contributed by atoms with E-state index in [0.717, 1.165) is 11.3 Å². The molecule has 2 amide bonds. The molecule has 0 spiro atoms. The fraction of sp³-hybridized carbons (Fsp3) is 0.222. The summed E-state index contributed by atoms with van der Waals surface area (Å²) in [6, 6.07) is 4.55. The molecule has 1 saturated heterocycles. The number of aliphatic carboxylic acids is 1. The van der Waals surface area contributed by atoms with Crippen LogP contribution in [0.5, 0.6) is 5.75 Å². The molecule has 2 atom stereocenters. The van der Waals surface area contributed by atoms with E-state index in [1.54, 1.807) is 18.2 Å². The number of nitrogens with two attached hydrogens (primary N) is 1. The highest BCUT2D eigenvalue weighted by molar-refractivity contribution is 7.84. The maximum absolute atomic E-state index is 12.8. The van der Waals surface area contributed by atoms with Crippen LogP contribution in [-0.2, 0) is 34.3 Å². The Balaban J connectivity index is 1.74. The van der Waals surface area contributed by atoms with Gasteiger partial charge in [0, 0.05) is 5.38 Å². The van der Waals surface area contributed by atoms with Crippen LogP contribution >= 0.6 is 11.3 Å². The van der Waals surface area contributed by atoms with E-state index in [-0.39, 0.29) is 20.9 Å². The van der Waals surface area contributed by atoms with Gasteiger partial charge in [0.2, 0.25) is 6.61 Å². The lowest BCUT2D eigenvalue weighted by atomic mass is 9.99. The number of para-hydroxylation sites is 1. The van der Waals surface area contributed by atoms with E-state index in [9.17, 15) is 32.1 Å². The topological polar surface area (TPSA) is 237 Å². The molecule has 16 nitrogen and oxygen atoms in total. The molecule has 1 aromatic carbocycles. The van der Waals surface area contributed by atoms with Crippen LogP contribution in [0.2, 0.25) is 0 Å². The summed E-state index contributed by atoms with van der Waals surface area (Å²) in [6.07, 6.45) is -1.25. The second-order valence-corrected chi connectivity index (χ2v) is 8.96. The van der Waals surface area contributed by atoms with Gasteiger partial charge in [-0.3, -0.25) is 14.1 Å². The number of benzene rings is 1. The zero-order chi connectivity index (χ0) is 26.5. The molecule has 1 aromatic heterocycles. The van der Waals surface area contributed by atoms with Crippen molar-refractivity contribution in [1.82, 2.24) is 14.6 Å². The number of thiazole rings is 1. The highest BCUT2D eigenvalue weighted by atomic mass is 32.2. The molecule has 0 radical (unpaired) electrons. The number of rotatable bonds is 10. The van der Waals surface area contributed by atoms with Crippen LogP contribution in [0.15, 0.2) is 40.9 Å². The number of carboxylic acids is 1. The summed E-state index contributed by atoms with van der Waals surface area (Å²) >= 11 is 0.920. The predicted molar refractivity (Wildman–Crippen MR) is 119 cm³/mol. The normalized spacial score (nSPS) is 17.6. The van der Waals surface area contributed by atoms with Gasteiger partial charge in [-0.1, -0.05) is 23.4 Å². The van der Waals surface area contributed by atoms with Crippen LogP contribution in [0.25, 0.3) is 0 Å². The average molecular weight is 543 g/mol. The summed E-state index contributed by atoms with van der Waals surface area (Å²) in [5.41, 5.74) is 4.83. The minimum atomic E-state index is -5.08. The Kier molecular flexibility index (Phi) is 8.02. The number of hydrogen-bond donors (Lipinski definition) is 4. The number of carbonyl (C=O) groups excluding carboxylic acids is 3. The summed E-state index contributed by atoms with van der Waals surface area (Å²) in [5.74, 6) is -3.65. The van der Waals surface area contributed by atoms with Crippen molar-refractivity contribution in [3.8, 4) is 5.75 Å². The Morgan fingerprint density at radius 3 is 2.53 bits per heavy atom. The molecule has 3 rings (SSSR count). The predicted octanol–water partition coefficient (Wildman–Crippen LogP) is -0.755. The van der Waals surface area contributed by atoms with Crippen LogP contribution in [0.1, 0.15) is 5.69 Å². The quantitative estimate of drug-likeness (QED) is 0.0721. The first-order valence-corrected chi connectivity index (χ1v) is 11.9. The van der Waals surface area contributed by atoms with Crippen molar-refractivity contribution in [3.05, 3.63) is 41.4 Å². The van der Waals surface area contributed by atoms with Gasteiger partial charge in [-0.05, 0) is 12.1 Å². The maximum Gasteiger partial charge on any atom is 0.513 e. The standard InChI is InChI=1S/C18H17N5O11S2/c19-17-20-10(8-35-17)13(22-33-7-12(24)25)15(26)21-14-11(23(16(14)27)36(29,30)31)6-32-18(28)34-9-4-2-1-3-5-9/h1-5,8,11,14H,6-7H2,(H2,19,20)(H,21,26)(H,24,25)(H,29,30,31)/b22-13-. The number of nitrogens with zero attached hydrogens (tertiary/aromatic N) is 3. The summed E-state index contributed by atoms with van der Waals surface area (Å²) < 4.78 is 42.3. The van der Waals surface area contributed by atoms with E-state index in [2.05, 4.69) is 20.3 Å². The van der Waals surface area contributed by atoms with Crippen molar-refractivity contribution < 1.29 is 51.6 Å². The average Bonchev–Trinajstić information content (AvgIpc) is 3.22. The van der Waals surface area contributed by atoms with Crippen molar-refractivity contribution in [2.24, 2.45) is 5.16 Å². The number of amides is 2. The maximum atomic E-state index is 12.8. The van der Waals surface area contributed by atoms with Crippen molar-refractivity contribution >= 4 is 56.4 Å². The lowest BCUT2D eigenvalue weighted by Crippen LogP contribution is -2.73. The Hall–Kier alpha value is -4.29. The summed E-state index contributed by atoms with van der Waals surface area (Å²) in [6.45, 7) is -1.71. The molecule has 5 N–H and O–H groups in total. The highest BCUT2D eigenvalue weighted by Gasteiger charge is 2.55. The number of carbonyl (C=O) groups is 4. The lowest BCUT2D eigenvalue weighted by Gasteiger charge is -2.43. The van der Waals surface area contributed by atoms with Gasteiger partial charge in [0.25, 0.3) is 11.8 Å². The zero-order valence-electron chi connectivity index (χ0n) is 17.8. The number of ether oxygens (including phenoxy) is 2. The van der Waals surface area contributed by atoms with E-state index < -0.39 is 65.3 Å². The fourth-order valence-corrected chi connectivity index (χ4v) is 4.27. The third-order valence-electron chi connectivity index (χ3n) is 4.34. The fourth-order valence-electron chi connectivity index (χ4n) is 2.86. The van der Waals surface area contributed by atoms with Gasteiger partial charge in [-0.15, -0.1) is 11.3 Å². The number of nitrogen functional groups attached to an aromatic ring is 1. The third kappa shape index (κ3) is 6.43. The van der Waals surface area contributed by atoms with Gasteiger partial charge < -0.3 is 30.5 Å². The first-order chi connectivity index (χ1) is 17.0. The van der Waals surface area contributed by atoms with Crippen LogP contribution in [-0.4, -0.2) is 82.3 Å². The Bertz CT molecular complexity index is 1300. The molecule has 192 valence electrons. The van der Waals surface area contributed by atoms with E-state index in [4.69, 9.17) is 20.3 Å². The largest absolute Gasteiger partial charge is 0.513 e. The minimum absolute atomic E-state index is 0.00627. The molecule has 1 aliphatic heterocycles. The second-order valence-electron chi connectivity index (χ2n) is 6.78. The van der Waals surface area contributed by atoms with Gasteiger partial charge in [-0.2, -0.15) is 8.42 Å². The smallest absolute Gasteiger partial charge is 0.479 e. The molecular formula is C18H17N5O11S2. The number of aromatic nitrogens is 1. The third-order valence-corrected chi connectivity index (χ3v) is 5.97. The lowest BCUT2D eigenvalue weighted by molar-refractivity contribution is -0.146. The minimum Gasteiger partial charge on any atom is -0.479 e. The monoisotopic (exact) mass is 543 g/mol. The number of anilines is 1. The first-order valence-electron chi connectivity index (χ1n) is 9.61. The van der Waals surface area contributed by atoms with E-state index in [0.29, 0.717) is 0 Å². The summed E-state index contributed by atoms with van der Waals surface area (Å²) in [7, 11) is -5.08. The van der Waals surface area contributed by atoms with Crippen molar-refractivity contribution in [3.63, 3.8) is 0 Å². The van der Waals surface area contributed by atoms with Gasteiger partial charge >= 0.3 is 22.4 Å². The summed E-state index contributed by atoms with van der Waals surface area (Å²) in [4.78, 5) is 56.2. The number of hydrogen-bond acceptors (Lipinski definition) is 13. The van der Waals surface area contributed by atoms with Crippen molar-refractivity contribution in [2.75, 3.05) is 18.9 Å². The van der Waals surface area contributed by atoms with Crippen LogP contribution in [0, 0.1) is 0 Å². The van der Waals surface area contributed by atoms with Crippen LogP contribution in [0.3, 0.4) is 0 Å². The molecule has 2 unspecified atom stereocenters. The Morgan fingerprint density at radius 1 is 1.25 bits per heavy atom. The number of nitrogens with one attached hydrogen (secondary N) is 1. The number of β-lactam (4-membered cyclic amide) rings is 1. The summed E-state index contributed by atoms with van der Waals surface area (Å²) in [5, 5.41) is 15.6. The molecule has 0 bridgehead atoms. The second kappa shape index (κ2) is 11.0. The highest BCUT2D eigenvalue weighted by Crippen LogP contribution is 2.25. The van der Waals surface area contributed by atoms with Crippen LogP contribution in [0.4, 0.5) is 9.93 Å². The van der Waals surface area contributed by atoms with E-state index >= 15 is 0 Å². The van der Waals surface area contributed by atoms with Gasteiger partial charge in [0.1, 0.15) is 30.1 Å². The Morgan fingerprint density at radius 2 is 1.94 bits per heavy atom. The van der Waals surface area contributed by atoms with E-state index in [1.165, 1.54) is 17.5 Å². The molecular weight excluding hydrogens is 526 g/mol. The molecule has 1 fully saturated rings. The van der Waals surface area contributed by atoms with Crippen molar-refractivity contribution in [1.29, 1.82) is 0 Å². The SMILES string of the molecule is Nc1nc(/C(=N/OCC(=O)O)C(=O)NC2C(=O)N(S(=O)(=O)O)C2COC(=O)Oc2ccccc2)cs1.